The fourth-order valence-electron chi connectivity index (χ4n) is 7.71. The first-order chi connectivity index (χ1) is 26.0. The molecule has 0 saturated carbocycles. The van der Waals surface area contributed by atoms with Gasteiger partial charge in [-0.1, -0.05) is 53.5 Å². The molecule has 0 radical (unpaired) electrons. The number of rotatable bonds is 11. The van der Waals surface area contributed by atoms with E-state index >= 15 is 0 Å². The van der Waals surface area contributed by atoms with Crippen LogP contribution in [0.15, 0.2) is 60.8 Å². The first-order valence-electron chi connectivity index (χ1n) is 18.7. The number of amides is 2. The average molecular weight is 774 g/mol. The summed E-state index contributed by atoms with van der Waals surface area (Å²) in [5.41, 5.74) is 6.38. The molecule has 2 aliphatic heterocycles. The van der Waals surface area contributed by atoms with Gasteiger partial charge in [0, 0.05) is 104 Å². The van der Waals surface area contributed by atoms with Crippen LogP contribution in [0, 0.1) is 0 Å². The Morgan fingerprint density at radius 3 is 1.87 bits per heavy atom. The Balaban J connectivity index is 1.21. The van der Waals surface area contributed by atoms with Crippen molar-refractivity contribution >= 4 is 35.0 Å². The van der Waals surface area contributed by atoms with E-state index in [0.29, 0.717) is 39.4 Å². The zero-order valence-corrected chi connectivity index (χ0v) is 33.4. The molecule has 0 spiro atoms. The number of methoxy groups -OCH3 is 2. The number of carbonyl (C=O) groups excluding carboxylic acids is 2. The summed E-state index contributed by atoms with van der Waals surface area (Å²) in [6.45, 7) is 10.5. The van der Waals surface area contributed by atoms with Gasteiger partial charge in [-0.05, 0) is 63.8 Å². The molecule has 4 aromatic rings. The van der Waals surface area contributed by atoms with Crippen LogP contribution in [0.25, 0.3) is 33.6 Å². The lowest BCUT2D eigenvalue weighted by Crippen LogP contribution is -2.44. The van der Waals surface area contributed by atoms with Crippen molar-refractivity contribution in [3.63, 3.8) is 0 Å². The van der Waals surface area contributed by atoms with Crippen LogP contribution < -0.4 is 20.1 Å². The SMILES string of the molecule is COc1cc(-c2nccc(-c3cccc(-c4ccc([C@H](C)NC5CCN(C(C)=O)CC5)c(OC)n4)c3Cl)c2Cl)ccc1[C@H](C)NC1CCN(C(C)=O)CC1. The van der Waals surface area contributed by atoms with Crippen LogP contribution in [0.3, 0.4) is 0 Å². The van der Waals surface area contributed by atoms with E-state index in [1.165, 1.54) is 0 Å². The predicted octanol–water partition coefficient (Wildman–Crippen LogP) is 8.12. The van der Waals surface area contributed by atoms with E-state index in [1.54, 1.807) is 34.3 Å². The second kappa shape index (κ2) is 17.5. The van der Waals surface area contributed by atoms with Crippen molar-refractivity contribution in [3.8, 4) is 45.3 Å². The number of aromatic nitrogens is 2. The van der Waals surface area contributed by atoms with E-state index in [1.807, 2.05) is 58.3 Å². The van der Waals surface area contributed by atoms with Crippen LogP contribution in [-0.4, -0.2) is 84.1 Å². The van der Waals surface area contributed by atoms with Gasteiger partial charge in [0.2, 0.25) is 17.7 Å². The Labute approximate surface area is 328 Å². The topological polar surface area (TPSA) is 109 Å². The molecule has 286 valence electrons. The smallest absolute Gasteiger partial charge is 0.219 e. The fraction of sp³-hybridized carbons (Fsp3) is 0.429. The standard InChI is InChI=1S/C42H50Cl2N6O4/c1-25(46-30-15-20-49(21-16-30)27(3)51)32-11-10-29(24-38(32)53-5)41-40(44)35(14-19-45-41)34-8-7-9-36(39(34)43)37-13-12-33(42(48-37)54-6)26(2)47-31-17-22-50(23-18-31)28(4)52/h7-14,19,24-26,30-31,46-47H,15-18,20-23H2,1-6H3/t25-,26-/m0/s1. The second-order valence-electron chi connectivity index (χ2n) is 14.3. The lowest BCUT2D eigenvalue weighted by atomic mass is 9.97. The Kier molecular flexibility index (Phi) is 12.8. The van der Waals surface area contributed by atoms with Gasteiger partial charge in [0.1, 0.15) is 5.75 Å². The molecule has 54 heavy (non-hydrogen) atoms. The first kappa shape index (κ1) is 39.5. The third-order valence-electron chi connectivity index (χ3n) is 10.8. The van der Waals surface area contributed by atoms with Crippen molar-refractivity contribution in [2.45, 2.75) is 77.5 Å². The van der Waals surface area contributed by atoms with Crippen molar-refractivity contribution in [2.24, 2.45) is 0 Å². The molecule has 10 nitrogen and oxygen atoms in total. The van der Waals surface area contributed by atoms with Crippen molar-refractivity contribution < 1.29 is 19.1 Å². The minimum Gasteiger partial charge on any atom is -0.496 e. The van der Waals surface area contributed by atoms with Gasteiger partial charge in [0.15, 0.2) is 0 Å². The zero-order valence-electron chi connectivity index (χ0n) is 31.9. The normalized spacial score (nSPS) is 16.6. The van der Waals surface area contributed by atoms with Crippen LogP contribution in [0.5, 0.6) is 11.6 Å². The summed E-state index contributed by atoms with van der Waals surface area (Å²) in [5.74, 6) is 1.53. The summed E-state index contributed by atoms with van der Waals surface area (Å²) < 4.78 is 11.7. The third-order valence-corrected chi connectivity index (χ3v) is 11.6. The molecule has 0 unspecified atom stereocenters. The number of likely N-dealkylation sites (tertiary alicyclic amines) is 2. The first-order valence-corrected chi connectivity index (χ1v) is 19.4. The van der Waals surface area contributed by atoms with Gasteiger partial charge < -0.3 is 29.9 Å². The number of nitrogens with zero attached hydrogens (tertiary/aromatic N) is 4. The zero-order chi connectivity index (χ0) is 38.5. The summed E-state index contributed by atoms with van der Waals surface area (Å²) in [5, 5.41) is 8.43. The van der Waals surface area contributed by atoms with Gasteiger partial charge >= 0.3 is 0 Å². The quantitative estimate of drug-likeness (QED) is 0.157. The van der Waals surface area contributed by atoms with Crippen LogP contribution >= 0.6 is 23.2 Å². The Hall–Kier alpha value is -4.22. The molecular formula is C42H50Cl2N6O4. The van der Waals surface area contributed by atoms with Gasteiger partial charge in [-0.15, -0.1) is 0 Å². The molecule has 2 saturated heterocycles. The van der Waals surface area contributed by atoms with E-state index in [9.17, 15) is 9.59 Å². The van der Waals surface area contributed by atoms with Gasteiger partial charge in [-0.2, -0.15) is 0 Å². The maximum atomic E-state index is 11.8. The highest BCUT2D eigenvalue weighted by molar-refractivity contribution is 6.39. The molecule has 2 aromatic heterocycles. The second-order valence-corrected chi connectivity index (χ2v) is 15.0. The number of nitrogens with one attached hydrogen (secondary N) is 2. The summed E-state index contributed by atoms with van der Waals surface area (Å²) in [4.78, 5) is 36.9. The number of hydrogen-bond acceptors (Lipinski definition) is 8. The largest absolute Gasteiger partial charge is 0.496 e. The molecular weight excluding hydrogens is 723 g/mol. The van der Waals surface area contributed by atoms with Gasteiger partial charge in [0.25, 0.3) is 0 Å². The maximum Gasteiger partial charge on any atom is 0.219 e. The van der Waals surface area contributed by atoms with Crippen LogP contribution in [-0.2, 0) is 9.59 Å². The molecule has 2 amide bonds. The third kappa shape index (κ3) is 8.68. The molecule has 0 aliphatic carbocycles. The van der Waals surface area contributed by atoms with Gasteiger partial charge in [-0.3, -0.25) is 14.6 Å². The van der Waals surface area contributed by atoms with E-state index in [2.05, 4.69) is 35.5 Å². The van der Waals surface area contributed by atoms with Crippen molar-refractivity contribution in [1.82, 2.24) is 30.4 Å². The molecule has 12 heteroatoms. The maximum absolute atomic E-state index is 11.8. The van der Waals surface area contributed by atoms with Crippen LogP contribution in [0.2, 0.25) is 10.0 Å². The van der Waals surface area contributed by atoms with E-state index < -0.39 is 0 Å². The summed E-state index contributed by atoms with van der Waals surface area (Å²) >= 11 is 14.3. The number of ether oxygens (including phenoxy) is 2. The molecule has 2 atom stereocenters. The molecule has 6 rings (SSSR count). The number of benzene rings is 2. The lowest BCUT2D eigenvalue weighted by molar-refractivity contribution is -0.130. The summed E-state index contributed by atoms with van der Waals surface area (Å²) in [7, 11) is 3.30. The molecule has 2 fully saturated rings. The van der Waals surface area contributed by atoms with E-state index in [4.69, 9.17) is 37.7 Å². The summed E-state index contributed by atoms with van der Waals surface area (Å²) in [6.07, 6.45) is 5.37. The fourth-order valence-corrected chi connectivity index (χ4v) is 8.36. The molecule has 2 aromatic carbocycles. The lowest BCUT2D eigenvalue weighted by Gasteiger charge is -2.33. The average Bonchev–Trinajstić information content (AvgIpc) is 3.18. The number of hydrogen-bond donors (Lipinski definition) is 2. The van der Waals surface area contributed by atoms with E-state index in [-0.39, 0.29) is 23.9 Å². The number of pyridine rings is 2. The summed E-state index contributed by atoms with van der Waals surface area (Å²) in [6, 6.07) is 18.4. The van der Waals surface area contributed by atoms with Crippen molar-refractivity contribution in [2.75, 3.05) is 40.4 Å². The number of halogens is 2. The molecule has 4 heterocycles. The molecule has 0 bridgehead atoms. The number of carbonyl (C=O) groups is 2. The van der Waals surface area contributed by atoms with Crippen LogP contribution in [0.4, 0.5) is 0 Å². The minimum absolute atomic E-state index is 0.00427. The predicted molar refractivity (Wildman–Crippen MR) is 215 cm³/mol. The molecule has 2 aliphatic rings. The van der Waals surface area contributed by atoms with Gasteiger partial charge in [-0.25, -0.2) is 4.98 Å². The van der Waals surface area contributed by atoms with Crippen LogP contribution in [0.1, 0.15) is 76.6 Å². The van der Waals surface area contributed by atoms with Crippen molar-refractivity contribution in [1.29, 1.82) is 0 Å². The minimum atomic E-state index is -0.00427. The van der Waals surface area contributed by atoms with E-state index in [0.717, 1.165) is 91.0 Å². The van der Waals surface area contributed by atoms with Gasteiger partial charge in [0.05, 0.1) is 35.7 Å². The van der Waals surface area contributed by atoms with Crippen molar-refractivity contribution in [3.05, 3.63) is 82.0 Å². The number of piperidine rings is 2. The highest BCUT2D eigenvalue weighted by Crippen LogP contribution is 2.43. The highest BCUT2D eigenvalue weighted by Gasteiger charge is 2.26. The highest BCUT2D eigenvalue weighted by atomic mass is 35.5. The Morgan fingerprint density at radius 1 is 0.741 bits per heavy atom. The Morgan fingerprint density at radius 2 is 1.30 bits per heavy atom. The Bertz CT molecular complexity index is 1840. The monoisotopic (exact) mass is 772 g/mol. The molecule has 2 N–H and O–H groups in total.